The molecule has 0 bridgehead atoms. The van der Waals surface area contributed by atoms with Gasteiger partial charge in [-0.15, -0.1) is 0 Å². The number of hydrogen-bond acceptors (Lipinski definition) is 4. The maximum atomic E-state index is 12.7. The van der Waals surface area contributed by atoms with E-state index in [1.165, 1.54) is 0 Å². The van der Waals surface area contributed by atoms with Gasteiger partial charge in [0, 0.05) is 39.4 Å². The summed E-state index contributed by atoms with van der Waals surface area (Å²) in [5.41, 5.74) is 0. The van der Waals surface area contributed by atoms with Gasteiger partial charge in [0.25, 0.3) is 0 Å². The van der Waals surface area contributed by atoms with Gasteiger partial charge in [-0.25, -0.2) is 0 Å². The Kier molecular flexibility index (Phi) is 4.58. The second-order valence-electron chi connectivity index (χ2n) is 6.19. The second kappa shape index (κ2) is 6.41. The minimum absolute atomic E-state index is 0.156. The van der Waals surface area contributed by atoms with Gasteiger partial charge in [-0.2, -0.15) is 0 Å². The SMILES string of the molecule is COC[C@@H]1C[C@@H]2OCCN(C(=O)C3CCOCC3)[C@H]2C1. The summed E-state index contributed by atoms with van der Waals surface area (Å²) in [7, 11) is 1.74. The van der Waals surface area contributed by atoms with Gasteiger partial charge >= 0.3 is 0 Å². The van der Waals surface area contributed by atoms with Crippen molar-refractivity contribution in [3.8, 4) is 0 Å². The molecule has 0 aromatic carbocycles. The van der Waals surface area contributed by atoms with Crippen LogP contribution in [0.25, 0.3) is 0 Å². The second-order valence-corrected chi connectivity index (χ2v) is 6.19. The molecule has 0 aromatic heterocycles. The summed E-state index contributed by atoms with van der Waals surface area (Å²) >= 11 is 0. The van der Waals surface area contributed by atoms with Crippen LogP contribution in [0.3, 0.4) is 0 Å². The van der Waals surface area contributed by atoms with Crippen molar-refractivity contribution in [3.63, 3.8) is 0 Å². The standard InChI is InChI=1S/C15H25NO4/c1-18-10-11-8-13-14(9-11)20-7-4-16(13)15(17)12-2-5-19-6-3-12/h11-14H,2-10H2,1H3/t11-,13-,14-/m0/s1. The fraction of sp³-hybridized carbons (Fsp3) is 0.933. The molecule has 3 aliphatic rings. The lowest BCUT2D eigenvalue weighted by atomic mass is 9.96. The minimum Gasteiger partial charge on any atom is -0.384 e. The van der Waals surface area contributed by atoms with Gasteiger partial charge in [-0.05, 0) is 31.6 Å². The van der Waals surface area contributed by atoms with Crippen LogP contribution in [0, 0.1) is 11.8 Å². The van der Waals surface area contributed by atoms with Crippen LogP contribution in [0.5, 0.6) is 0 Å². The largest absolute Gasteiger partial charge is 0.384 e. The number of methoxy groups -OCH3 is 1. The Morgan fingerprint density at radius 1 is 1.25 bits per heavy atom. The van der Waals surface area contributed by atoms with Crippen LogP contribution in [0.2, 0.25) is 0 Å². The molecule has 114 valence electrons. The predicted molar refractivity (Wildman–Crippen MR) is 73.4 cm³/mol. The molecule has 20 heavy (non-hydrogen) atoms. The number of carbonyl (C=O) groups is 1. The van der Waals surface area contributed by atoms with Gasteiger partial charge in [-0.1, -0.05) is 0 Å². The fourth-order valence-corrected chi connectivity index (χ4v) is 3.87. The van der Waals surface area contributed by atoms with Crippen LogP contribution in [-0.4, -0.2) is 63.0 Å². The first kappa shape index (κ1) is 14.3. The highest BCUT2D eigenvalue weighted by Crippen LogP contribution is 2.35. The van der Waals surface area contributed by atoms with E-state index in [2.05, 4.69) is 4.90 Å². The third kappa shape index (κ3) is 2.85. The summed E-state index contributed by atoms with van der Waals surface area (Å²) in [4.78, 5) is 14.8. The molecule has 1 saturated carbocycles. The van der Waals surface area contributed by atoms with E-state index < -0.39 is 0 Å². The van der Waals surface area contributed by atoms with Crippen molar-refractivity contribution in [1.82, 2.24) is 4.90 Å². The summed E-state index contributed by atoms with van der Waals surface area (Å²) in [5.74, 6) is 1.01. The Labute approximate surface area is 120 Å². The van der Waals surface area contributed by atoms with E-state index in [-0.39, 0.29) is 18.1 Å². The average molecular weight is 283 g/mol. The Bertz CT molecular complexity index is 343. The molecule has 2 saturated heterocycles. The average Bonchev–Trinajstić information content (AvgIpc) is 2.90. The van der Waals surface area contributed by atoms with E-state index in [0.29, 0.717) is 18.4 Å². The maximum absolute atomic E-state index is 12.7. The monoisotopic (exact) mass is 283 g/mol. The smallest absolute Gasteiger partial charge is 0.226 e. The van der Waals surface area contributed by atoms with Crippen molar-refractivity contribution in [1.29, 1.82) is 0 Å². The summed E-state index contributed by atoms with van der Waals surface area (Å²) in [6.45, 7) is 3.64. The lowest BCUT2D eigenvalue weighted by Crippen LogP contribution is -2.53. The Morgan fingerprint density at radius 2 is 2.05 bits per heavy atom. The van der Waals surface area contributed by atoms with Crippen LogP contribution >= 0.6 is 0 Å². The molecule has 0 spiro atoms. The van der Waals surface area contributed by atoms with E-state index in [4.69, 9.17) is 14.2 Å². The van der Waals surface area contributed by atoms with Crippen LogP contribution in [0.15, 0.2) is 0 Å². The van der Waals surface area contributed by atoms with Crippen molar-refractivity contribution < 1.29 is 19.0 Å². The van der Waals surface area contributed by atoms with Crippen molar-refractivity contribution in [3.05, 3.63) is 0 Å². The zero-order valence-electron chi connectivity index (χ0n) is 12.3. The molecule has 3 atom stereocenters. The van der Waals surface area contributed by atoms with Crippen molar-refractivity contribution in [2.45, 2.75) is 37.8 Å². The summed E-state index contributed by atoms with van der Waals surface area (Å²) in [5, 5.41) is 0. The van der Waals surface area contributed by atoms with Crippen LogP contribution in [-0.2, 0) is 19.0 Å². The lowest BCUT2D eigenvalue weighted by Gasteiger charge is -2.40. The quantitative estimate of drug-likeness (QED) is 0.777. The number of nitrogens with zero attached hydrogens (tertiary/aromatic N) is 1. The zero-order valence-corrected chi connectivity index (χ0v) is 12.3. The topological polar surface area (TPSA) is 48.0 Å². The van der Waals surface area contributed by atoms with Crippen LogP contribution in [0.4, 0.5) is 0 Å². The number of ether oxygens (including phenoxy) is 3. The summed E-state index contributed by atoms with van der Waals surface area (Å²) in [6, 6.07) is 0.263. The highest BCUT2D eigenvalue weighted by molar-refractivity contribution is 5.79. The first-order valence-corrected chi connectivity index (χ1v) is 7.78. The number of fused-ring (bicyclic) bond motifs is 1. The molecule has 2 heterocycles. The van der Waals surface area contributed by atoms with Crippen molar-refractivity contribution >= 4 is 5.91 Å². The molecule has 2 aliphatic heterocycles. The molecular weight excluding hydrogens is 258 g/mol. The molecule has 3 rings (SSSR count). The van der Waals surface area contributed by atoms with Crippen LogP contribution in [0.1, 0.15) is 25.7 Å². The number of amides is 1. The molecule has 0 unspecified atom stereocenters. The molecule has 0 radical (unpaired) electrons. The first-order chi connectivity index (χ1) is 9.79. The molecule has 1 aliphatic carbocycles. The van der Waals surface area contributed by atoms with E-state index in [1.807, 2.05) is 0 Å². The van der Waals surface area contributed by atoms with Gasteiger partial charge in [0.2, 0.25) is 5.91 Å². The summed E-state index contributed by atoms with van der Waals surface area (Å²) in [6.07, 6.45) is 4.00. The van der Waals surface area contributed by atoms with Gasteiger partial charge in [-0.3, -0.25) is 4.79 Å². The normalized spacial score (nSPS) is 35.0. The lowest BCUT2D eigenvalue weighted by molar-refractivity contribution is -0.151. The Morgan fingerprint density at radius 3 is 2.80 bits per heavy atom. The van der Waals surface area contributed by atoms with E-state index in [9.17, 15) is 4.79 Å². The number of hydrogen-bond donors (Lipinski definition) is 0. The fourth-order valence-electron chi connectivity index (χ4n) is 3.87. The van der Waals surface area contributed by atoms with Gasteiger partial charge in [0.05, 0.1) is 18.8 Å². The molecular formula is C15H25NO4. The third-order valence-electron chi connectivity index (χ3n) is 4.89. The van der Waals surface area contributed by atoms with Crippen molar-refractivity contribution in [2.24, 2.45) is 11.8 Å². The number of rotatable bonds is 3. The minimum atomic E-state index is 0.156. The van der Waals surface area contributed by atoms with Gasteiger partial charge in [0.15, 0.2) is 0 Å². The summed E-state index contributed by atoms with van der Waals surface area (Å²) < 4.78 is 16.5. The Hall–Kier alpha value is -0.650. The highest BCUT2D eigenvalue weighted by atomic mass is 16.5. The maximum Gasteiger partial charge on any atom is 0.226 e. The molecule has 0 aromatic rings. The molecule has 5 nitrogen and oxygen atoms in total. The van der Waals surface area contributed by atoms with Gasteiger partial charge in [0.1, 0.15) is 0 Å². The molecule has 1 amide bonds. The van der Waals surface area contributed by atoms with Crippen molar-refractivity contribution in [2.75, 3.05) is 40.1 Å². The van der Waals surface area contributed by atoms with Crippen LogP contribution < -0.4 is 0 Å². The third-order valence-corrected chi connectivity index (χ3v) is 4.89. The highest BCUT2D eigenvalue weighted by Gasteiger charge is 2.44. The molecule has 5 heteroatoms. The van der Waals surface area contributed by atoms with E-state index in [0.717, 1.165) is 52.0 Å². The van der Waals surface area contributed by atoms with Gasteiger partial charge < -0.3 is 19.1 Å². The molecule has 3 fully saturated rings. The number of morpholine rings is 1. The van der Waals surface area contributed by atoms with E-state index >= 15 is 0 Å². The predicted octanol–water partition coefficient (Wildman–Crippen LogP) is 1.07. The number of carbonyl (C=O) groups excluding carboxylic acids is 1. The Balaban J connectivity index is 1.64. The molecule has 0 N–H and O–H groups in total. The first-order valence-electron chi connectivity index (χ1n) is 7.78. The van der Waals surface area contributed by atoms with E-state index in [1.54, 1.807) is 7.11 Å². The zero-order chi connectivity index (χ0) is 13.9.